The molecule has 1 aliphatic rings. The average Bonchev–Trinajstić information content (AvgIpc) is 2.43. The van der Waals surface area contributed by atoms with Crippen LogP contribution in [-0.2, 0) is 9.59 Å². The van der Waals surface area contributed by atoms with E-state index in [0.717, 1.165) is 29.7 Å². The number of benzene rings is 1. The molecule has 1 aromatic rings. The molecule has 1 amide bonds. The molecule has 1 fully saturated rings. The van der Waals surface area contributed by atoms with Crippen molar-refractivity contribution in [2.45, 2.75) is 39.5 Å². The van der Waals surface area contributed by atoms with Crippen molar-refractivity contribution >= 4 is 17.6 Å². The van der Waals surface area contributed by atoms with Crippen LogP contribution in [0, 0.1) is 25.7 Å². The molecule has 2 N–H and O–H groups in total. The first-order valence-corrected chi connectivity index (χ1v) is 7.10. The van der Waals surface area contributed by atoms with E-state index in [1.807, 2.05) is 32.0 Å². The molecular formula is C16H21NO3. The Balaban J connectivity index is 2.14. The average molecular weight is 275 g/mol. The van der Waals surface area contributed by atoms with E-state index in [1.165, 1.54) is 0 Å². The van der Waals surface area contributed by atoms with Gasteiger partial charge in [0.15, 0.2) is 0 Å². The SMILES string of the molecule is Cc1cccc(NC(=O)[C@H]2CCCC[C@H]2C(=O)O)c1C. The molecular weight excluding hydrogens is 254 g/mol. The van der Waals surface area contributed by atoms with Crippen LogP contribution in [0.5, 0.6) is 0 Å². The molecule has 4 heteroatoms. The van der Waals surface area contributed by atoms with Gasteiger partial charge in [0.2, 0.25) is 5.91 Å². The summed E-state index contributed by atoms with van der Waals surface area (Å²) in [6.07, 6.45) is 3.08. The molecule has 4 nitrogen and oxygen atoms in total. The highest BCUT2D eigenvalue weighted by molar-refractivity contribution is 5.95. The van der Waals surface area contributed by atoms with E-state index in [2.05, 4.69) is 5.32 Å². The Morgan fingerprint density at radius 1 is 1.15 bits per heavy atom. The quantitative estimate of drug-likeness (QED) is 0.890. The number of carbonyl (C=O) groups is 2. The van der Waals surface area contributed by atoms with Gasteiger partial charge in [-0.05, 0) is 43.9 Å². The highest BCUT2D eigenvalue weighted by atomic mass is 16.4. The molecule has 0 aromatic heterocycles. The van der Waals surface area contributed by atoms with Gasteiger partial charge in [-0.2, -0.15) is 0 Å². The smallest absolute Gasteiger partial charge is 0.307 e. The number of carboxylic acids is 1. The number of anilines is 1. The first-order chi connectivity index (χ1) is 9.50. The lowest BCUT2D eigenvalue weighted by molar-refractivity contribution is -0.147. The Kier molecular flexibility index (Phi) is 4.42. The molecule has 1 aromatic carbocycles. The van der Waals surface area contributed by atoms with E-state index in [4.69, 9.17) is 0 Å². The number of aliphatic carboxylic acids is 1. The molecule has 2 rings (SSSR count). The van der Waals surface area contributed by atoms with Crippen molar-refractivity contribution < 1.29 is 14.7 Å². The van der Waals surface area contributed by atoms with Gasteiger partial charge in [0.1, 0.15) is 0 Å². The van der Waals surface area contributed by atoms with Crippen molar-refractivity contribution in [1.29, 1.82) is 0 Å². The summed E-state index contributed by atoms with van der Waals surface area (Å²) in [5.41, 5.74) is 2.93. The maximum absolute atomic E-state index is 12.4. The zero-order valence-corrected chi connectivity index (χ0v) is 12.0. The summed E-state index contributed by atoms with van der Waals surface area (Å²) in [6.45, 7) is 3.95. The lowest BCUT2D eigenvalue weighted by Gasteiger charge is -2.27. The van der Waals surface area contributed by atoms with Crippen LogP contribution in [0.15, 0.2) is 18.2 Å². The normalized spacial score (nSPS) is 22.3. The molecule has 108 valence electrons. The van der Waals surface area contributed by atoms with Gasteiger partial charge in [-0.25, -0.2) is 0 Å². The number of hydrogen-bond donors (Lipinski definition) is 2. The van der Waals surface area contributed by atoms with Gasteiger partial charge >= 0.3 is 5.97 Å². The molecule has 0 aliphatic heterocycles. The maximum Gasteiger partial charge on any atom is 0.307 e. The molecule has 0 spiro atoms. The van der Waals surface area contributed by atoms with Crippen LogP contribution in [0.1, 0.15) is 36.8 Å². The zero-order valence-electron chi connectivity index (χ0n) is 12.0. The third-order valence-corrected chi connectivity index (χ3v) is 4.28. The van der Waals surface area contributed by atoms with Gasteiger partial charge in [-0.15, -0.1) is 0 Å². The van der Waals surface area contributed by atoms with Gasteiger partial charge in [-0.3, -0.25) is 9.59 Å². The molecule has 0 unspecified atom stereocenters. The number of carbonyl (C=O) groups excluding carboxylic acids is 1. The second kappa shape index (κ2) is 6.07. The number of amides is 1. The van der Waals surface area contributed by atoms with Crippen molar-refractivity contribution in [3.8, 4) is 0 Å². The minimum Gasteiger partial charge on any atom is -0.481 e. The van der Waals surface area contributed by atoms with Crippen molar-refractivity contribution in [3.05, 3.63) is 29.3 Å². The monoisotopic (exact) mass is 275 g/mol. The number of rotatable bonds is 3. The van der Waals surface area contributed by atoms with Gasteiger partial charge < -0.3 is 10.4 Å². The molecule has 0 radical (unpaired) electrons. The maximum atomic E-state index is 12.4. The molecule has 1 aliphatic carbocycles. The minimum absolute atomic E-state index is 0.161. The first-order valence-electron chi connectivity index (χ1n) is 7.10. The van der Waals surface area contributed by atoms with E-state index >= 15 is 0 Å². The van der Waals surface area contributed by atoms with E-state index in [1.54, 1.807) is 0 Å². The summed E-state index contributed by atoms with van der Waals surface area (Å²) in [7, 11) is 0. The second-order valence-corrected chi connectivity index (χ2v) is 5.57. The Hall–Kier alpha value is -1.84. The van der Waals surface area contributed by atoms with Crippen molar-refractivity contribution in [2.75, 3.05) is 5.32 Å². The molecule has 0 heterocycles. The number of carboxylic acid groups (broad SMARTS) is 1. The lowest BCUT2D eigenvalue weighted by Crippen LogP contribution is -2.36. The zero-order chi connectivity index (χ0) is 14.7. The molecule has 1 saturated carbocycles. The van der Waals surface area contributed by atoms with Crippen LogP contribution < -0.4 is 5.32 Å². The molecule has 20 heavy (non-hydrogen) atoms. The Labute approximate surface area is 119 Å². The summed E-state index contributed by atoms with van der Waals surface area (Å²) >= 11 is 0. The fourth-order valence-corrected chi connectivity index (χ4v) is 2.85. The van der Waals surface area contributed by atoms with Gasteiger partial charge in [0.25, 0.3) is 0 Å². The summed E-state index contributed by atoms with van der Waals surface area (Å²) in [6, 6.07) is 5.75. The topological polar surface area (TPSA) is 66.4 Å². The fraction of sp³-hybridized carbons (Fsp3) is 0.500. The Morgan fingerprint density at radius 3 is 2.45 bits per heavy atom. The van der Waals surface area contributed by atoms with Crippen LogP contribution >= 0.6 is 0 Å². The number of aryl methyl sites for hydroxylation is 1. The first kappa shape index (κ1) is 14.6. The second-order valence-electron chi connectivity index (χ2n) is 5.57. The molecule has 0 bridgehead atoms. The third-order valence-electron chi connectivity index (χ3n) is 4.28. The van der Waals surface area contributed by atoms with E-state index in [0.29, 0.717) is 12.8 Å². The van der Waals surface area contributed by atoms with Crippen molar-refractivity contribution in [3.63, 3.8) is 0 Å². The van der Waals surface area contributed by atoms with Gasteiger partial charge in [-0.1, -0.05) is 25.0 Å². The third kappa shape index (κ3) is 3.00. The van der Waals surface area contributed by atoms with Crippen LogP contribution in [0.4, 0.5) is 5.69 Å². The lowest BCUT2D eigenvalue weighted by atomic mass is 9.78. The predicted octanol–water partition coefficient (Wildman–Crippen LogP) is 3.13. The van der Waals surface area contributed by atoms with Crippen LogP contribution in [0.2, 0.25) is 0 Å². The minimum atomic E-state index is -0.856. The molecule has 0 saturated heterocycles. The highest BCUT2D eigenvalue weighted by Gasteiger charge is 2.35. The van der Waals surface area contributed by atoms with Gasteiger partial charge in [0.05, 0.1) is 11.8 Å². The molecule has 2 atom stereocenters. The predicted molar refractivity (Wildman–Crippen MR) is 77.6 cm³/mol. The van der Waals surface area contributed by atoms with Crippen LogP contribution in [0.3, 0.4) is 0 Å². The summed E-state index contributed by atoms with van der Waals surface area (Å²) < 4.78 is 0. The Morgan fingerprint density at radius 2 is 1.80 bits per heavy atom. The van der Waals surface area contributed by atoms with E-state index < -0.39 is 17.8 Å². The van der Waals surface area contributed by atoms with Crippen LogP contribution in [-0.4, -0.2) is 17.0 Å². The standard InChI is InChI=1S/C16H21NO3/c1-10-6-5-9-14(11(10)2)17-15(18)12-7-3-4-8-13(12)16(19)20/h5-6,9,12-13H,3-4,7-8H2,1-2H3,(H,17,18)(H,19,20)/t12-,13+/m0/s1. The van der Waals surface area contributed by atoms with E-state index in [9.17, 15) is 14.7 Å². The van der Waals surface area contributed by atoms with Gasteiger partial charge in [0, 0.05) is 5.69 Å². The fourth-order valence-electron chi connectivity index (χ4n) is 2.85. The number of hydrogen-bond acceptors (Lipinski definition) is 2. The van der Waals surface area contributed by atoms with Crippen molar-refractivity contribution in [2.24, 2.45) is 11.8 Å². The van der Waals surface area contributed by atoms with Crippen molar-refractivity contribution in [1.82, 2.24) is 0 Å². The highest BCUT2D eigenvalue weighted by Crippen LogP contribution is 2.31. The largest absolute Gasteiger partial charge is 0.481 e. The Bertz CT molecular complexity index is 524. The summed E-state index contributed by atoms with van der Waals surface area (Å²) in [5, 5.41) is 12.1. The van der Waals surface area contributed by atoms with E-state index in [-0.39, 0.29) is 5.91 Å². The summed E-state index contributed by atoms with van der Waals surface area (Å²) in [4.78, 5) is 23.6. The van der Waals surface area contributed by atoms with Crippen LogP contribution in [0.25, 0.3) is 0 Å². The number of nitrogens with one attached hydrogen (secondary N) is 1. The summed E-state index contributed by atoms with van der Waals surface area (Å²) in [5.74, 6) is -1.98.